The van der Waals surface area contributed by atoms with E-state index in [0.29, 0.717) is 12.1 Å². The summed E-state index contributed by atoms with van der Waals surface area (Å²) in [6.07, 6.45) is 1.33. The van der Waals surface area contributed by atoms with Gasteiger partial charge >= 0.3 is 12.1 Å². The number of rotatable bonds is 10. The summed E-state index contributed by atoms with van der Waals surface area (Å²) in [6, 6.07) is 15.8. The van der Waals surface area contributed by atoms with Crippen LogP contribution in [0.4, 0.5) is 4.79 Å². The van der Waals surface area contributed by atoms with Crippen molar-refractivity contribution < 1.29 is 24.2 Å². The molecule has 2 aromatic carbocycles. The number of nitrogens with zero attached hydrogens (tertiary/aromatic N) is 3. The Morgan fingerprint density at radius 1 is 1.09 bits per heavy atom. The standard InChI is InChI=1S/C25H27N5O5/c1-2-16(11-24(32)33)27-23(31)14-30-13-17(28-29-30)12-26-25(34)35-15-22-20-9-5-3-7-18(20)19-8-4-6-10-21(19)22/h3-10,13,16,22H,2,11-12,14-15H2,1H3,(H,26,34)(H,27,31)(H,32,33). The summed E-state index contributed by atoms with van der Waals surface area (Å²) in [5.41, 5.74) is 5.05. The van der Waals surface area contributed by atoms with Gasteiger partial charge in [-0.1, -0.05) is 60.7 Å². The molecule has 0 saturated heterocycles. The highest BCUT2D eigenvalue weighted by atomic mass is 16.5. The van der Waals surface area contributed by atoms with Crippen molar-refractivity contribution in [3.63, 3.8) is 0 Å². The lowest BCUT2D eigenvalue weighted by atomic mass is 9.98. The van der Waals surface area contributed by atoms with E-state index in [-0.39, 0.29) is 37.9 Å². The maximum atomic E-state index is 12.3. The molecule has 0 spiro atoms. The number of carboxylic acids is 1. The predicted octanol–water partition coefficient (Wildman–Crippen LogP) is 2.69. The summed E-state index contributed by atoms with van der Waals surface area (Å²) in [5.74, 6) is -1.36. The lowest BCUT2D eigenvalue weighted by Gasteiger charge is -2.14. The van der Waals surface area contributed by atoms with Crippen LogP contribution >= 0.6 is 0 Å². The Morgan fingerprint density at radius 2 is 1.74 bits per heavy atom. The first-order chi connectivity index (χ1) is 16.9. The molecule has 1 aliphatic carbocycles. The number of alkyl carbamates (subject to hydrolysis) is 1. The molecule has 0 radical (unpaired) electrons. The summed E-state index contributed by atoms with van der Waals surface area (Å²) >= 11 is 0. The van der Waals surface area contributed by atoms with Crippen LogP contribution in [0.1, 0.15) is 42.5 Å². The third-order valence-electron chi connectivity index (χ3n) is 5.93. The van der Waals surface area contributed by atoms with Gasteiger partial charge in [-0.15, -0.1) is 5.10 Å². The molecule has 0 bridgehead atoms. The Hall–Kier alpha value is -4.21. The second kappa shape index (κ2) is 10.8. The monoisotopic (exact) mass is 477 g/mol. The van der Waals surface area contributed by atoms with E-state index in [1.165, 1.54) is 4.68 Å². The van der Waals surface area contributed by atoms with Crippen molar-refractivity contribution in [1.29, 1.82) is 0 Å². The second-order valence-corrected chi connectivity index (χ2v) is 8.36. The molecule has 3 N–H and O–H groups in total. The third-order valence-corrected chi connectivity index (χ3v) is 5.93. The molecule has 1 aromatic heterocycles. The molecule has 4 rings (SSSR count). The van der Waals surface area contributed by atoms with Gasteiger partial charge in [0.25, 0.3) is 0 Å². The smallest absolute Gasteiger partial charge is 0.407 e. The van der Waals surface area contributed by atoms with E-state index in [1.807, 2.05) is 24.3 Å². The normalized spacial score (nSPS) is 12.9. The quantitative estimate of drug-likeness (QED) is 0.408. The molecule has 1 heterocycles. The molecule has 35 heavy (non-hydrogen) atoms. The molecule has 1 atom stereocenters. The lowest BCUT2D eigenvalue weighted by molar-refractivity contribution is -0.137. The first-order valence-electron chi connectivity index (χ1n) is 11.4. The maximum Gasteiger partial charge on any atom is 0.407 e. The van der Waals surface area contributed by atoms with Crippen molar-refractivity contribution in [1.82, 2.24) is 25.6 Å². The second-order valence-electron chi connectivity index (χ2n) is 8.36. The fourth-order valence-corrected chi connectivity index (χ4v) is 4.24. The topological polar surface area (TPSA) is 135 Å². The lowest BCUT2D eigenvalue weighted by Crippen LogP contribution is -2.38. The number of fused-ring (bicyclic) bond motifs is 3. The molecule has 2 amide bonds. The number of hydrogen-bond acceptors (Lipinski definition) is 6. The molecule has 0 saturated carbocycles. The van der Waals surface area contributed by atoms with Crippen molar-refractivity contribution in [2.24, 2.45) is 0 Å². The molecule has 10 heteroatoms. The largest absolute Gasteiger partial charge is 0.481 e. The van der Waals surface area contributed by atoms with E-state index in [2.05, 4.69) is 45.2 Å². The number of amides is 2. The van der Waals surface area contributed by atoms with Crippen LogP contribution in [0.2, 0.25) is 0 Å². The predicted molar refractivity (Wildman–Crippen MR) is 126 cm³/mol. The van der Waals surface area contributed by atoms with E-state index in [9.17, 15) is 14.4 Å². The highest BCUT2D eigenvalue weighted by Crippen LogP contribution is 2.44. The van der Waals surface area contributed by atoms with Crippen molar-refractivity contribution in [3.05, 3.63) is 71.5 Å². The van der Waals surface area contributed by atoms with Gasteiger partial charge in [0.2, 0.25) is 5.91 Å². The average molecular weight is 478 g/mol. The van der Waals surface area contributed by atoms with Crippen molar-refractivity contribution in [3.8, 4) is 11.1 Å². The van der Waals surface area contributed by atoms with Gasteiger partial charge in [0.15, 0.2) is 0 Å². The van der Waals surface area contributed by atoms with Gasteiger partial charge in [0.1, 0.15) is 18.8 Å². The van der Waals surface area contributed by atoms with E-state index in [0.717, 1.165) is 22.3 Å². The van der Waals surface area contributed by atoms with Crippen LogP contribution < -0.4 is 10.6 Å². The molecule has 3 aromatic rings. The summed E-state index contributed by atoms with van der Waals surface area (Å²) in [7, 11) is 0. The van der Waals surface area contributed by atoms with Gasteiger partial charge < -0.3 is 20.5 Å². The molecule has 0 fully saturated rings. The molecule has 1 unspecified atom stereocenters. The summed E-state index contributed by atoms with van der Waals surface area (Å²) in [6.45, 7) is 2.00. The van der Waals surface area contributed by atoms with Crippen LogP contribution in [0.3, 0.4) is 0 Å². The Bertz CT molecular complexity index is 1180. The van der Waals surface area contributed by atoms with Gasteiger partial charge in [-0.25, -0.2) is 9.48 Å². The summed E-state index contributed by atoms with van der Waals surface area (Å²) in [4.78, 5) is 35.3. The van der Waals surface area contributed by atoms with E-state index in [4.69, 9.17) is 9.84 Å². The minimum absolute atomic E-state index is 0.0272. The number of nitrogens with one attached hydrogen (secondary N) is 2. The van der Waals surface area contributed by atoms with E-state index in [1.54, 1.807) is 13.1 Å². The zero-order chi connectivity index (χ0) is 24.8. The number of carbonyl (C=O) groups is 3. The zero-order valence-corrected chi connectivity index (χ0v) is 19.3. The maximum absolute atomic E-state index is 12.3. The van der Waals surface area contributed by atoms with Crippen LogP contribution in [0, 0.1) is 0 Å². The zero-order valence-electron chi connectivity index (χ0n) is 19.3. The molecule has 10 nitrogen and oxygen atoms in total. The minimum Gasteiger partial charge on any atom is -0.481 e. The molecule has 182 valence electrons. The number of aromatic nitrogens is 3. The van der Waals surface area contributed by atoms with Gasteiger partial charge in [-0.3, -0.25) is 9.59 Å². The van der Waals surface area contributed by atoms with E-state index >= 15 is 0 Å². The van der Waals surface area contributed by atoms with Gasteiger partial charge in [-0.2, -0.15) is 0 Å². The van der Waals surface area contributed by atoms with Gasteiger partial charge in [-0.05, 0) is 28.7 Å². The number of ether oxygens (including phenoxy) is 1. The Balaban J connectivity index is 1.26. The van der Waals surface area contributed by atoms with Crippen LogP contribution in [0.15, 0.2) is 54.7 Å². The highest BCUT2D eigenvalue weighted by molar-refractivity contribution is 5.79. The van der Waals surface area contributed by atoms with Crippen LogP contribution in [0.25, 0.3) is 11.1 Å². The average Bonchev–Trinajstić information content (AvgIpc) is 3.42. The van der Waals surface area contributed by atoms with Crippen LogP contribution in [-0.4, -0.2) is 50.7 Å². The first kappa shape index (κ1) is 23.9. The fourth-order valence-electron chi connectivity index (χ4n) is 4.24. The Kier molecular flexibility index (Phi) is 7.39. The minimum atomic E-state index is -0.973. The fraction of sp³-hybridized carbons (Fsp3) is 0.320. The number of aliphatic carboxylic acids is 1. The SMILES string of the molecule is CCC(CC(=O)O)NC(=O)Cn1cc(CNC(=O)OCC2c3ccccc3-c3ccccc32)nn1. The first-order valence-corrected chi connectivity index (χ1v) is 11.4. The Morgan fingerprint density at radius 3 is 2.37 bits per heavy atom. The van der Waals surface area contributed by atoms with E-state index < -0.39 is 18.1 Å². The van der Waals surface area contributed by atoms with Crippen LogP contribution in [-0.2, 0) is 27.4 Å². The van der Waals surface area contributed by atoms with Crippen LogP contribution in [0.5, 0.6) is 0 Å². The number of carboxylic acid groups (broad SMARTS) is 1. The van der Waals surface area contributed by atoms with Crippen molar-refractivity contribution in [2.45, 2.75) is 44.8 Å². The molecular formula is C25H27N5O5. The van der Waals surface area contributed by atoms with Crippen molar-refractivity contribution in [2.75, 3.05) is 6.61 Å². The highest BCUT2D eigenvalue weighted by Gasteiger charge is 2.29. The number of hydrogen-bond donors (Lipinski definition) is 3. The molecule has 1 aliphatic rings. The summed E-state index contributed by atoms with van der Waals surface area (Å²) < 4.78 is 6.83. The van der Waals surface area contributed by atoms with Crippen molar-refractivity contribution >= 4 is 18.0 Å². The molecular weight excluding hydrogens is 450 g/mol. The third kappa shape index (κ3) is 5.84. The number of benzene rings is 2. The summed E-state index contributed by atoms with van der Waals surface area (Å²) in [5, 5.41) is 22.1. The van der Waals surface area contributed by atoms with Gasteiger partial charge in [0, 0.05) is 12.0 Å². The molecule has 0 aliphatic heterocycles. The number of carbonyl (C=O) groups excluding carboxylic acids is 2. The van der Waals surface area contributed by atoms with Gasteiger partial charge in [0.05, 0.1) is 19.2 Å². The Labute approximate surface area is 202 Å².